The van der Waals surface area contributed by atoms with Gasteiger partial charge in [-0.1, -0.05) is 45.2 Å². The van der Waals surface area contributed by atoms with E-state index in [4.69, 9.17) is 0 Å². The van der Waals surface area contributed by atoms with Crippen LogP contribution in [0.1, 0.15) is 45.1 Å². The zero-order valence-electron chi connectivity index (χ0n) is 12.7. The van der Waals surface area contributed by atoms with E-state index in [0.29, 0.717) is 6.04 Å². The van der Waals surface area contributed by atoms with Gasteiger partial charge in [-0.3, -0.25) is 0 Å². The van der Waals surface area contributed by atoms with Gasteiger partial charge in [0, 0.05) is 6.04 Å². The molecule has 0 amide bonds. The average Bonchev–Trinajstić information content (AvgIpc) is 2.40. The summed E-state index contributed by atoms with van der Waals surface area (Å²) in [5.74, 6) is -0.169. The van der Waals surface area contributed by atoms with Crippen LogP contribution < -0.4 is 10.1 Å². The summed E-state index contributed by atoms with van der Waals surface area (Å²) in [7, 11) is 0. The Balaban J connectivity index is 2.54. The quantitative estimate of drug-likeness (QED) is 0.668. The molecule has 0 fully saturated rings. The molecule has 1 rings (SSSR count). The van der Waals surface area contributed by atoms with Gasteiger partial charge in [0.1, 0.15) is 5.75 Å². The highest BCUT2D eigenvalue weighted by Gasteiger charge is 2.30. The van der Waals surface area contributed by atoms with Gasteiger partial charge >= 0.3 is 6.36 Å². The molecule has 1 atom stereocenters. The maximum atomic E-state index is 12.1. The molecule has 1 unspecified atom stereocenters. The molecule has 0 saturated carbocycles. The van der Waals surface area contributed by atoms with Gasteiger partial charge in [-0.05, 0) is 37.1 Å². The van der Waals surface area contributed by atoms with Crippen molar-refractivity contribution in [3.63, 3.8) is 0 Å². The van der Waals surface area contributed by atoms with Crippen molar-refractivity contribution in [2.75, 3.05) is 6.54 Å². The molecule has 0 heterocycles. The van der Waals surface area contributed by atoms with Crippen molar-refractivity contribution >= 4 is 0 Å². The topological polar surface area (TPSA) is 21.3 Å². The minimum atomic E-state index is -4.63. The van der Waals surface area contributed by atoms with Crippen molar-refractivity contribution in [1.29, 1.82) is 0 Å². The van der Waals surface area contributed by atoms with Gasteiger partial charge in [-0.25, -0.2) is 0 Å². The van der Waals surface area contributed by atoms with E-state index in [9.17, 15) is 13.2 Å². The van der Waals surface area contributed by atoms with E-state index in [2.05, 4.69) is 23.9 Å². The Hall–Kier alpha value is -1.23. The highest BCUT2D eigenvalue weighted by Crippen LogP contribution is 2.23. The van der Waals surface area contributed by atoms with Crippen LogP contribution in [0.4, 0.5) is 13.2 Å². The Morgan fingerprint density at radius 3 is 2.29 bits per heavy atom. The second-order valence-electron chi connectivity index (χ2n) is 5.15. The Bertz CT molecular complexity index is 390. The predicted octanol–water partition coefficient (Wildman–Crippen LogP) is 4.69. The predicted molar refractivity (Wildman–Crippen MR) is 78.4 cm³/mol. The Morgan fingerprint density at radius 2 is 1.76 bits per heavy atom. The number of halogens is 3. The van der Waals surface area contributed by atoms with E-state index in [1.165, 1.54) is 31.4 Å². The number of likely N-dealkylation sites (N-methyl/N-ethyl adjacent to an activating group) is 1. The highest BCUT2D eigenvalue weighted by atomic mass is 19.4. The lowest BCUT2D eigenvalue weighted by Crippen LogP contribution is -2.30. The third-order valence-electron chi connectivity index (χ3n) is 3.29. The standard InChI is InChI=1S/C16H24F3NO/c1-3-5-6-7-14(20-4-2)12-13-8-10-15(11-9-13)21-16(17,18)19/h8-11,14,20H,3-7,12H2,1-2H3. The molecule has 0 aliphatic rings. The first-order valence-corrected chi connectivity index (χ1v) is 7.52. The maximum absolute atomic E-state index is 12.1. The maximum Gasteiger partial charge on any atom is 0.573 e. The molecule has 5 heteroatoms. The van der Waals surface area contributed by atoms with Gasteiger partial charge in [0.15, 0.2) is 0 Å². The molecule has 1 N–H and O–H groups in total. The molecular weight excluding hydrogens is 279 g/mol. The van der Waals surface area contributed by atoms with Gasteiger partial charge in [-0.15, -0.1) is 13.2 Å². The molecule has 1 aromatic rings. The van der Waals surface area contributed by atoms with Crippen molar-refractivity contribution in [2.24, 2.45) is 0 Å². The number of ether oxygens (including phenoxy) is 1. The lowest BCUT2D eigenvalue weighted by Gasteiger charge is -2.18. The first-order valence-electron chi connectivity index (χ1n) is 7.52. The molecule has 120 valence electrons. The fourth-order valence-corrected chi connectivity index (χ4v) is 2.32. The molecule has 0 aromatic heterocycles. The summed E-state index contributed by atoms with van der Waals surface area (Å²) in [5, 5.41) is 3.43. The summed E-state index contributed by atoms with van der Waals surface area (Å²) in [6, 6.07) is 6.52. The SMILES string of the molecule is CCCCCC(Cc1ccc(OC(F)(F)F)cc1)NCC. The summed E-state index contributed by atoms with van der Waals surface area (Å²) < 4.78 is 40.2. The molecular formula is C16H24F3NO. The number of hydrogen-bond acceptors (Lipinski definition) is 2. The fourth-order valence-electron chi connectivity index (χ4n) is 2.32. The summed E-state index contributed by atoms with van der Waals surface area (Å²) in [4.78, 5) is 0. The third kappa shape index (κ3) is 7.95. The molecule has 21 heavy (non-hydrogen) atoms. The third-order valence-corrected chi connectivity index (χ3v) is 3.29. The van der Waals surface area contributed by atoms with Crippen molar-refractivity contribution in [3.8, 4) is 5.75 Å². The normalized spacial score (nSPS) is 13.2. The summed E-state index contributed by atoms with van der Waals surface area (Å²) in [6.45, 7) is 5.13. The van der Waals surface area contributed by atoms with Gasteiger partial charge in [0.05, 0.1) is 0 Å². The van der Waals surface area contributed by atoms with E-state index in [1.807, 2.05) is 0 Å². The Morgan fingerprint density at radius 1 is 1.10 bits per heavy atom. The van der Waals surface area contributed by atoms with Gasteiger partial charge in [0.2, 0.25) is 0 Å². The van der Waals surface area contributed by atoms with Crippen LogP contribution in [0.5, 0.6) is 5.75 Å². The lowest BCUT2D eigenvalue weighted by atomic mass is 10.0. The summed E-state index contributed by atoms with van der Waals surface area (Å²) >= 11 is 0. The van der Waals surface area contributed by atoms with Crippen molar-refractivity contribution < 1.29 is 17.9 Å². The molecule has 0 saturated heterocycles. The summed E-state index contributed by atoms with van der Waals surface area (Å²) in [5.41, 5.74) is 1.02. The van der Waals surface area contributed by atoms with E-state index < -0.39 is 6.36 Å². The van der Waals surface area contributed by atoms with Crippen LogP contribution in [0.15, 0.2) is 24.3 Å². The zero-order valence-corrected chi connectivity index (χ0v) is 12.7. The van der Waals surface area contributed by atoms with Gasteiger partial charge < -0.3 is 10.1 Å². The first kappa shape index (κ1) is 17.8. The summed E-state index contributed by atoms with van der Waals surface area (Å²) in [6.07, 6.45) is 0.840. The number of rotatable bonds is 9. The molecule has 1 aromatic carbocycles. The number of nitrogens with one attached hydrogen (secondary N) is 1. The fraction of sp³-hybridized carbons (Fsp3) is 0.625. The van der Waals surface area contributed by atoms with Crippen LogP contribution in [0, 0.1) is 0 Å². The smallest absolute Gasteiger partial charge is 0.406 e. The Labute approximate surface area is 124 Å². The van der Waals surface area contributed by atoms with E-state index in [-0.39, 0.29) is 5.75 Å². The molecule has 2 nitrogen and oxygen atoms in total. The largest absolute Gasteiger partial charge is 0.573 e. The van der Waals surface area contributed by atoms with Crippen molar-refractivity contribution in [2.45, 2.75) is 58.4 Å². The van der Waals surface area contributed by atoms with Crippen molar-refractivity contribution in [3.05, 3.63) is 29.8 Å². The zero-order chi connectivity index (χ0) is 15.7. The van der Waals surface area contributed by atoms with Crippen LogP contribution in [-0.4, -0.2) is 18.9 Å². The minimum absolute atomic E-state index is 0.169. The van der Waals surface area contributed by atoms with Crippen LogP contribution in [-0.2, 0) is 6.42 Å². The second kappa shape index (κ2) is 8.93. The van der Waals surface area contributed by atoms with E-state index in [1.54, 1.807) is 12.1 Å². The lowest BCUT2D eigenvalue weighted by molar-refractivity contribution is -0.274. The van der Waals surface area contributed by atoms with Crippen LogP contribution >= 0.6 is 0 Å². The minimum Gasteiger partial charge on any atom is -0.406 e. The van der Waals surface area contributed by atoms with E-state index in [0.717, 1.165) is 24.9 Å². The van der Waals surface area contributed by atoms with E-state index >= 15 is 0 Å². The number of unbranched alkanes of at least 4 members (excludes halogenated alkanes) is 2. The monoisotopic (exact) mass is 303 g/mol. The molecule has 0 spiro atoms. The molecule has 0 aliphatic heterocycles. The second-order valence-corrected chi connectivity index (χ2v) is 5.15. The highest BCUT2D eigenvalue weighted by molar-refractivity contribution is 5.28. The van der Waals surface area contributed by atoms with Gasteiger partial charge in [-0.2, -0.15) is 0 Å². The average molecular weight is 303 g/mol. The van der Waals surface area contributed by atoms with Crippen LogP contribution in [0.2, 0.25) is 0 Å². The molecule has 0 bridgehead atoms. The van der Waals surface area contributed by atoms with Crippen LogP contribution in [0.3, 0.4) is 0 Å². The first-order chi connectivity index (χ1) is 9.94. The van der Waals surface area contributed by atoms with Crippen LogP contribution in [0.25, 0.3) is 0 Å². The Kier molecular flexibility index (Phi) is 7.57. The number of alkyl halides is 3. The number of benzene rings is 1. The number of hydrogen-bond donors (Lipinski definition) is 1. The van der Waals surface area contributed by atoms with Crippen molar-refractivity contribution in [1.82, 2.24) is 5.32 Å². The molecule has 0 aliphatic carbocycles. The van der Waals surface area contributed by atoms with Gasteiger partial charge in [0.25, 0.3) is 0 Å². The molecule has 0 radical (unpaired) electrons.